The summed E-state index contributed by atoms with van der Waals surface area (Å²) in [6.07, 6.45) is 0.302. The number of nitrogens with zero attached hydrogens (tertiary/aromatic N) is 4. The van der Waals surface area contributed by atoms with Gasteiger partial charge in [0.25, 0.3) is 0 Å². The molecule has 2 aromatic carbocycles. The molecule has 1 aromatic heterocycles. The van der Waals surface area contributed by atoms with Gasteiger partial charge in [0, 0.05) is 11.5 Å². The molecule has 0 saturated carbocycles. The number of halogens is 1. The van der Waals surface area contributed by atoms with Crippen molar-refractivity contribution in [3.63, 3.8) is 0 Å². The molecule has 0 saturated heterocycles. The molecule has 0 bridgehead atoms. The highest BCUT2D eigenvalue weighted by atomic mass is 19.1. The molecule has 0 aliphatic carbocycles. The topological polar surface area (TPSA) is 91.1 Å². The van der Waals surface area contributed by atoms with Gasteiger partial charge in [-0.05, 0) is 55.3 Å². The van der Waals surface area contributed by atoms with Gasteiger partial charge < -0.3 is 15.2 Å². The van der Waals surface area contributed by atoms with Crippen LogP contribution in [0.4, 0.5) is 10.1 Å². The largest absolute Gasteiger partial charge is 0.494 e. The van der Waals surface area contributed by atoms with Crippen molar-refractivity contribution in [3.8, 4) is 5.75 Å². The number of carbonyl (C=O) groups is 1. The lowest BCUT2D eigenvalue weighted by molar-refractivity contribution is -0.117. The van der Waals surface area contributed by atoms with Crippen LogP contribution in [-0.4, -0.2) is 28.0 Å². The third-order valence-corrected chi connectivity index (χ3v) is 3.75. The highest BCUT2D eigenvalue weighted by Gasteiger charge is 2.21. The van der Waals surface area contributed by atoms with E-state index in [1.807, 2.05) is 6.92 Å². The first kappa shape index (κ1) is 17.5. The van der Waals surface area contributed by atoms with Crippen LogP contribution in [0.5, 0.6) is 5.75 Å². The third-order valence-electron chi connectivity index (χ3n) is 3.75. The van der Waals surface area contributed by atoms with Crippen molar-refractivity contribution in [1.82, 2.24) is 20.6 Å². The summed E-state index contributed by atoms with van der Waals surface area (Å²) in [6.45, 7) is 2.47. The number of hydrogen-bond acceptors (Lipinski definition) is 5. The van der Waals surface area contributed by atoms with E-state index in [4.69, 9.17) is 4.74 Å². The summed E-state index contributed by atoms with van der Waals surface area (Å²) in [5, 5.41) is 17.3. The maximum absolute atomic E-state index is 13.1. The minimum atomic E-state index is -0.693. The number of nitrogens with one attached hydrogen (secondary N) is 1. The van der Waals surface area contributed by atoms with Crippen molar-refractivity contribution in [1.29, 1.82) is 0 Å². The molecule has 0 aliphatic rings. The van der Waals surface area contributed by atoms with Gasteiger partial charge in [0.1, 0.15) is 11.6 Å². The highest BCUT2D eigenvalue weighted by molar-refractivity contribution is 5.95. The first-order chi connectivity index (χ1) is 12.7. The standard InChI is InChI=1S/C18H18FN5O2/c1-2-26-15-9-7-14(8-10-15)20-18(25)16(17-21-23-24-22-17)11-12-3-5-13(19)6-4-12/h3-10,16H,2,11H2,1H3,(H2,20,21,22,23,24,25)/p-1/t16-/m1/s1. The molecule has 134 valence electrons. The first-order valence-corrected chi connectivity index (χ1v) is 8.12. The Labute approximate surface area is 149 Å². The molecule has 26 heavy (non-hydrogen) atoms. The number of anilines is 1. The maximum Gasteiger partial charge on any atom is 0.232 e. The zero-order chi connectivity index (χ0) is 18.4. The average Bonchev–Trinajstić information content (AvgIpc) is 3.17. The predicted octanol–water partition coefficient (Wildman–Crippen LogP) is 2.33. The van der Waals surface area contributed by atoms with E-state index in [1.165, 1.54) is 12.1 Å². The number of tetrazole rings is 1. The minimum absolute atomic E-state index is 0.220. The van der Waals surface area contributed by atoms with Crippen LogP contribution >= 0.6 is 0 Å². The lowest BCUT2D eigenvalue weighted by atomic mass is 9.97. The van der Waals surface area contributed by atoms with Gasteiger partial charge in [-0.15, -0.1) is 0 Å². The summed E-state index contributed by atoms with van der Waals surface area (Å²) in [5.41, 5.74) is 1.40. The quantitative estimate of drug-likeness (QED) is 0.700. The summed E-state index contributed by atoms with van der Waals surface area (Å²) in [5.74, 6) is -0.383. The fourth-order valence-electron chi connectivity index (χ4n) is 2.48. The van der Waals surface area contributed by atoms with Gasteiger partial charge in [-0.3, -0.25) is 15.1 Å². The van der Waals surface area contributed by atoms with E-state index >= 15 is 0 Å². The molecule has 1 atom stereocenters. The van der Waals surface area contributed by atoms with Crippen LogP contribution in [0.15, 0.2) is 48.5 Å². The highest BCUT2D eigenvalue weighted by Crippen LogP contribution is 2.21. The molecular formula is C18H17FN5O2-. The van der Waals surface area contributed by atoms with Gasteiger partial charge in [-0.2, -0.15) is 5.21 Å². The second-order valence-electron chi connectivity index (χ2n) is 5.57. The van der Waals surface area contributed by atoms with Crippen LogP contribution in [0.1, 0.15) is 24.2 Å². The Morgan fingerprint density at radius 2 is 1.92 bits per heavy atom. The Bertz CT molecular complexity index is 835. The van der Waals surface area contributed by atoms with Crippen LogP contribution in [0.3, 0.4) is 0 Å². The lowest BCUT2D eigenvalue weighted by Crippen LogP contribution is -2.24. The number of aromatic nitrogens is 4. The summed E-state index contributed by atoms with van der Waals surface area (Å²) < 4.78 is 18.5. The van der Waals surface area contributed by atoms with Crippen molar-refractivity contribution in [2.45, 2.75) is 19.3 Å². The third kappa shape index (κ3) is 4.41. The summed E-state index contributed by atoms with van der Waals surface area (Å²) >= 11 is 0. The van der Waals surface area contributed by atoms with Crippen LogP contribution < -0.4 is 15.2 Å². The zero-order valence-electron chi connectivity index (χ0n) is 14.1. The van der Waals surface area contributed by atoms with Gasteiger partial charge in [-0.25, -0.2) is 4.39 Å². The molecule has 0 aliphatic heterocycles. The van der Waals surface area contributed by atoms with Crippen molar-refractivity contribution in [3.05, 3.63) is 65.7 Å². The van der Waals surface area contributed by atoms with E-state index in [1.54, 1.807) is 36.4 Å². The number of amides is 1. The van der Waals surface area contributed by atoms with Crippen LogP contribution in [-0.2, 0) is 11.2 Å². The van der Waals surface area contributed by atoms with Crippen molar-refractivity contribution in [2.24, 2.45) is 0 Å². The molecule has 3 rings (SSSR count). The van der Waals surface area contributed by atoms with Crippen molar-refractivity contribution >= 4 is 11.6 Å². The Kier molecular flexibility index (Phi) is 5.52. The Balaban J connectivity index is 1.75. The second kappa shape index (κ2) is 8.19. The van der Waals surface area contributed by atoms with Gasteiger partial charge in [0.2, 0.25) is 5.91 Å². The number of hydrogen-bond donors (Lipinski definition) is 1. The van der Waals surface area contributed by atoms with E-state index < -0.39 is 5.92 Å². The molecule has 8 heteroatoms. The van der Waals surface area contributed by atoms with Gasteiger partial charge >= 0.3 is 0 Å². The SMILES string of the molecule is CCOc1ccc(NC(=O)[C@H](Cc2ccc(F)cc2)c2nnn[n-]2)cc1. The van der Waals surface area contributed by atoms with Crippen LogP contribution in [0, 0.1) is 5.82 Å². The monoisotopic (exact) mass is 354 g/mol. The molecule has 1 amide bonds. The van der Waals surface area contributed by atoms with Crippen LogP contribution in [0.25, 0.3) is 0 Å². The fourth-order valence-corrected chi connectivity index (χ4v) is 2.48. The molecule has 0 fully saturated rings. The van der Waals surface area contributed by atoms with Gasteiger partial charge in [0.15, 0.2) is 0 Å². The summed E-state index contributed by atoms with van der Waals surface area (Å²) in [4.78, 5) is 12.7. The second-order valence-corrected chi connectivity index (χ2v) is 5.57. The first-order valence-electron chi connectivity index (χ1n) is 8.12. The zero-order valence-corrected chi connectivity index (χ0v) is 14.1. The van der Waals surface area contributed by atoms with E-state index in [-0.39, 0.29) is 17.5 Å². The molecule has 0 unspecified atom stereocenters. The maximum atomic E-state index is 13.1. The Morgan fingerprint density at radius 1 is 1.19 bits per heavy atom. The van der Waals surface area contributed by atoms with Gasteiger partial charge in [-0.1, -0.05) is 12.1 Å². The molecule has 7 nitrogen and oxygen atoms in total. The Morgan fingerprint density at radius 3 is 2.54 bits per heavy atom. The number of ether oxygens (including phenoxy) is 1. The van der Waals surface area contributed by atoms with E-state index in [0.717, 1.165) is 11.3 Å². The molecular weight excluding hydrogens is 337 g/mol. The van der Waals surface area contributed by atoms with E-state index in [9.17, 15) is 9.18 Å². The molecule has 0 radical (unpaired) electrons. The smallest absolute Gasteiger partial charge is 0.232 e. The van der Waals surface area contributed by atoms with Crippen LogP contribution in [0.2, 0.25) is 0 Å². The number of rotatable bonds is 7. The minimum Gasteiger partial charge on any atom is -0.494 e. The average molecular weight is 354 g/mol. The molecule has 1 heterocycles. The number of benzene rings is 2. The molecule has 3 aromatic rings. The Hall–Kier alpha value is -3.29. The molecule has 0 spiro atoms. The van der Waals surface area contributed by atoms with E-state index in [0.29, 0.717) is 18.7 Å². The summed E-state index contributed by atoms with van der Waals surface area (Å²) in [7, 11) is 0. The predicted molar refractivity (Wildman–Crippen MR) is 92.2 cm³/mol. The lowest BCUT2D eigenvalue weighted by Gasteiger charge is -2.17. The fraction of sp³-hybridized carbons (Fsp3) is 0.222. The van der Waals surface area contributed by atoms with Crippen molar-refractivity contribution < 1.29 is 13.9 Å². The van der Waals surface area contributed by atoms with Crippen molar-refractivity contribution in [2.75, 3.05) is 11.9 Å². The molecule has 1 N–H and O–H groups in total. The van der Waals surface area contributed by atoms with Gasteiger partial charge in [0.05, 0.1) is 12.5 Å². The summed E-state index contributed by atoms with van der Waals surface area (Å²) in [6, 6.07) is 13.0. The normalized spacial score (nSPS) is 11.8. The number of carbonyl (C=O) groups excluding carboxylic acids is 1. The van der Waals surface area contributed by atoms with E-state index in [2.05, 4.69) is 25.9 Å².